The van der Waals surface area contributed by atoms with Crippen LogP contribution in [0.3, 0.4) is 0 Å². The Morgan fingerprint density at radius 3 is 2.71 bits per heavy atom. The number of hydrogen-bond donors (Lipinski definition) is 4. The number of benzene rings is 1. The first kappa shape index (κ1) is 17.5. The van der Waals surface area contributed by atoms with Crippen LogP contribution in [0.5, 0.6) is 0 Å². The summed E-state index contributed by atoms with van der Waals surface area (Å²) in [6.45, 7) is 4.76. The lowest BCUT2D eigenvalue weighted by atomic mass is 10.2. The van der Waals surface area contributed by atoms with E-state index < -0.39 is 0 Å². The predicted octanol–water partition coefficient (Wildman–Crippen LogP) is 1.45. The summed E-state index contributed by atoms with van der Waals surface area (Å²) < 4.78 is 0. The first-order valence-corrected chi connectivity index (χ1v) is 7.55. The van der Waals surface area contributed by atoms with Crippen LogP contribution in [0.25, 0.3) is 0 Å². The first-order valence-electron chi connectivity index (χ1n) is 7.55. The van der Waals surface area contributed by atoms with E-state index in [1.54, 1.807) is 11.2 Å². The minimum atomic E-state index is 0.658. The molecule has 0 fully saturated rings. The number of nitrogens with zero attached hydrogens (tertiary/aromatic N) is 1. The van der Waals surface area contributed by atoms with Gasteiger partial charge in [0.25, 0.3) is 0 Å². The molecule has 0 aliphatic rings. The van der Waals surface area contributed by atoms with Gasteiger partial charge in [-0.15, -0.1) is 0 Å². The Labute approximate surface area is 128 Å². The molecule has 5 nitrogen and oxygen atoms in total. The molecule has 5 heteroatoms. The van der Waals surface area contributed by atoms with Crippen LogP contribution in [-0.4, -0.2) is 26.7 Å². The number of rotatable bonds is 10. The van der Waals surface area contributed by atoms with Gasteiger partial charge in [-0.1, -0.05) is 18.6 Å². The largest absolute Gasteiger partial charge is 0.400 e. The summed E-state index contributed by atoms with van der Waals surface area (Å²) in [6, 6.07) is 8.02. The van der Waals surface area contributed by atoms with Crippen molar-refractivity contribution in [3.8, 4) is 0 Å². The highest BCUT2D eigenvalue weighted by Crippen LogP contribution is 2.13. The zero-order valence-corrected chi connectivity index (χ0v) is 13.2. The van der Waals surface area contributed by atoms with E-state index in [9.17, 15) is 0 Å². The Hall–Kier alpha value is -1.56. The molecule has 0 atom stereocenters. The van der Waals surface area contributed by atoms with Gasteiger partial charge in [-0.2, -0.15) is 0 Å². The van der Waals surface area contributed by atoms with Crippen LogP contribution in [0.15, 0.2) is 36.2 Å². The fourth-order valence-corrected chi connectivity index (χ4v) is 2.05. The fourth-order valence-electron chi connectivity index (χ4n) is 2.05. The summed E-state index contributed by atoms with van der Waals surface area (Å²) >= 11 is 0. The highest BCUT2D eigenvalue weighted by atomic mass is 15.4. The average molecular weight is 291 g/mol. The maximum Gasteiger partial charge on any atom is 0.0571 e. The number of aryl methyl sites for hydroxylation is 1. The molecule has 21 heavy (non-hydrogen) atoms. The molecule has 0 saturated carbocycles. The molecule has 0 spiro atoms. The van der Waals surface area contributed by atoms with Crippen LogP contribution in [0.1, 0.15) is 24.8 Å². The third-order valence-electron chi connectivity index (χ3n) is 3.21. The minimum absolute atomic E-state index is 0.658. The lowest BCUT2D eigenvalue weighted by Crippen LogP contribution is -2.29. The van der Waals surface area contributed by atoms with E-state index in [1.807, 2.05) is 38.2 Å². The molecule has 1 aromatic carbocycles. The van der Waals surface area contributed by atoms with E-state index in [4.69, 9.17) is 11.6 Å². The van der Waals surface area contributed by atoms with Gasteiger partial charge >= 0.3 is 0 Å². The molecular weight excluding hydrogens is 262 g/mol. The molecule has 0 saturated heterocycles. The van der Waals surface area contributed by atoms with Crippen molar-refractivity contribution in [2.24, 2.45) is 11.6 Å². The normalized spacial score (nSPS) is 11.7. The number of hydrazine groups is 1. The van der Waals surface area contributed by atoms with Crippen molar-refractivity contribution < 1.29 is 0 Å². The van der Waals surface area contributed by atoms with Crippen LogP contribution in [0.4, 0.5) is 5.69 Å². The van der Waals surface area contributed by atoms with Crippen molar-refractivity contribution in [2.75, 3.05) is 31.7 Å². The van der Waals surface area contributed by atoms with Gasteiger partial charge in [-0.05, 0) is 57.6 Å². The molecule has 0 bridgehead atoms. The van der Waals surface area contributed by atoms with Gasteiger partial charge in [0, 0.05) is 18.4 Å². The third kappa shape index (κ3) is 7.70. The van der Waals surface area contributed by atoms with Gasteiger partial charge in [0.1, 0.15) is 0 Å². The van der Waals surface area contributed by atoms with E-state index in [1.165, 1.54) is 24.8 Å². The van der Waals surface area contributed by atoms with E-state index >= 15 is 0 Å². The second-order valence-electron chi connectivity index (χ2n) is 5.29. The van der Waals surface area contributed by atoms with Crippen LogP contribution in [0.2, 0.25) is 0 Å². The molecule has 0 aliphatic heterocycles. The zero-order chi connectivity index (χ0) is 15.5. The average Bonchev–Trinajstić information content (AvgIpc) is 2.46. The fraction of sp³-hybridized carbons (Fsp3) is 0.500. The number of nitrogens with two attached hydrogens (primary N) is 2. The van der Waals surface area contributed by atoms with Gasteiger partial charge in [-0.3, -0.25) is 5.01 Å². The lowest BCUT2D eigenvalue weighted by molar-refractivity contribution is 0.603. The Morgan fingerprint density at radius 2 is 2.00 bits per heavy atom. The van der Waals surface area contributed by atoms with Crippen molar-refractivity contribution in [3.63, 3.8) is 0 Å². The second kappa shape index (κ2) is 10.2. The smallest absolute Gasteiger partial charge is 0.0571 e. The second-order valence-corrected chi connectivity index (χ2v) is 5.29. The molecule has 0 radical (unpaired) electrons. The molecule has 0 unspecified atom stereocenters. The Balaban J connectivity index is 2.26. The topological polar surface area (TPSA) is 79.3 Å². The summed E-state index contributed by atoms with van der Waals surface area (Å²) in [5.41, 5.74) is 8.82. The molecule has 6 N–H and O–H groups in total. The van der Waals surface area contributed by atoms with Crippen molar-refractivity contribution in [2.45, 2.75) is 26.2 Å². The van der Waals surface area contributed by atoms with Crippen LogP contribution in [0, 0.1) is 6.92 Å². The summed E-state index contributed by atoms with van der Waals surface area (Å²) in [4.78, 5) is 0. The first-order chi connectivity index (χ1) is 10.1. The van der Waals surface area contributed by atoms with E-state index in [0.717, 1.165) is 24.5 Å². The van der Waals surface area contributed by atoms with E-state index in [2.05, 4.69) is 10.6 Å². The number of unbranched alkanes of at least 4 members (excludes halogenated alkanes) is 2. The monoisotopic (exact) mass is 291 g/mol. The van der Waals surface area contributed by atoms with Crippen molar-refractivity contribution in [3.05, 3.63) is 41.7 Å². The van der Waals surface area contributed by atoms with Gasteiger partial charge in [0.05, 0.1) is 5.69 Å². The summed E-state index contributed by atoms with van der Waals surface area (Å²) in [5.74, 6) is 5.99. The zero-order valence-electron chi connectivity index (χ0n) is 13.2. The summed E-state index contributed by atoms with van der Waals surface area (Å²) in [7, 11) is 1.98. The SMILES string of the molecule is CNCCCCCNC/C(N)=C/N(N)c1cccc(C)c1. The number of hydrogen-bond acceptors (Lipinski definition) is 5. The minimum Gasteiger partial charge on any atom is -0.400 e. The summed E-state index contributed by atoms with van der Waals surface area (Å²) in [5, 5.41) is 8.05. The standard InChI is InChI=1S/C16H29N5/c1-14-7-6-8-16(11-14)21(18)13-15(17)12-20-10-5-3-4-9-19-2/h6-8,11,13,19-20H,3-5,9-10,12,17-18H2,1-2H3/b15-13-. The molecular formula is C16H29N5. The van der Waals surface area contributed by atoms with Crippen LogP contribution < -0.4 is 27.2 Å². The van der Waals surface area contributed by atoms with Crippen molar-refractivity contribution in [1.29, 1.82) is 0 Å². The highest BCUT2D eigenvalue weighted by Gasteiger charge is 2.00. The van der Waals surface area contributed by atoms with Gasteiger partial charge in [0.15, 0.2) is 0 Å². The molecule has 0 heterocycles. The van der Waals surface area contributed by atoms with Crippen LogP contribution >= 0.6 is 0 Å². The van der Waals surface area contributed by atoms with Crippen molar-refractivity contribution in [1.82, 2.24) is 10.6 Å². The quantitative estimate of drug-likeness (QED) is 0.298. The molecule has 0 aromatic heterocycles. The Kier molecular flexibility index (Phi) is 8.50. The van der Waals surface area contributed by atoms with E-state index in [0.29, 0.717) is 6.54 Å². The molecule has 1 aromatic rings. The third-order valence-corrected chi connectivity index (χ3v) is 3.21. The number of nitrogens with one attached hydrogen (secondary N) is 2. The highest BCUT2D eigenvalue weighted by molar-refractivity contribution is 5.49. The molecule has 0 aliphatic carbocycles. The van der Waals surface area contributed by atoms with E-state index in [-0.39, 0.29) is 0 Å². The summed E-state index contributed by atoms with van der Waals surface area (Å²) in [6.07, 6.45) is 5.37. The van der Waals surface area contributed by atoms with Gasteiger partial charge in [0.2, 0.25) is 0 Å². The molecule has 1 rings (SSSR count). The molecule has 118 valence electrons. The maximum absolute atomic E-state index is 5.99. The van der Waals surface area contributed by atoms with Crippen LogP contribution in [-0.2, 0) is 0 Å². The predicted molar refractivity (Wildman–Crippen MR) is 90.8 cm³/mol. The molecule has 0 amide bonds. The van der Waals surface area contributed by atoms with Gasteiger partial charge in [-0.25, -0.2) is 5.84 Å². The van der Waals surface area contributed by atoms with Gasteiger partial charge < -0.3 is 16.4 Å². The Bertz CT molecular complexity index is 430. The number of anilines is 1. The Morgan fingerprint density at radius 1 is 1.24 bits per heavy atom. The lowest BCUT2D eigenvalue weighted by Gasteiger charge is -2.16. The maximum atomic E-state index is 5.99. The van der Waals surface area contributed by atoms with Crippen molar-refractivity contribution >= 4 is 5.69 Å².